The molecule has 1 aromatic carbocycles. The number of anilines is 2. The number of benzene rings is 1. The number of nitrogens with one attached hydrogen (secondary N) is 2. The molecular weight excluding hydrogens is 458 g/mol. The van der Waals surface area contributed by atoms with E-state index in [9.17, 15) is 22.8 Å². The number of hydrogen-bond acceptors (Lipinski definition) is 5. The molecule has 3 rings (SSSR count). The summed E-state index contributed by atoms with van der Waals surface area (Å²) in [5, 5.41) is 9.67. The Hall–Kier alpha value is -2.85. The van der Waals surface area contributed by atoms with Crippen molar-refractivity contribution in [1.82, 2.24) is 10.3 Å². The zero-order chi connectivity index (χ0) is 22.9. The summed E-state index contributed by atoms with van der Waals surface area (Å²) in [6.45, 7) is 1.60. The Morgan fingerprint density at radius 2 is 1.97 bits per heavy atom. The van der Waals surface area contributed by atoms with Crippen molar-refractivity contribution in [2.75, 3.05) is 17.4 Å². The molecule has 1 aliphatic rings. The second kappa shape index (κ2) is 8.72. The Morgan fingerprint density at radius 3 is 2.58 bits per heavy atom. The van der Waals surface area contributed by atoms with Crippen LogP contribution in [0.25, 0.3) is 0 Å². The van der Waals surface area contributed by atoms with Gasteiger partial charge in [-0.1, -0.05) is 23.2 Å². The second-order valence-electron chi connectivity index (χ2n) is 6.63. The first-order valence-electron chi connectivity index (χ1n) is 8.90. The lowest BCUT2D eigenvalue weighted by Crippen LogP contribution is -2.40. The number of alkyl halides is 3. The Labute approximate surface area is 185 Å². The molecule has 1 aliphatic heterocycles. The first-order valence-corrected chi connectivity index (χ1v) is 9.66. The lowest BCUT2D eigenvalue weighted by atomic mass is 10.1. The van der Waals surface area contributed by atoms with Crippen LogP contribution in [0, 0.1) is 6.92 Å². The number of pyridine rings is 1. The molecule has 164 valence electrons. The highest BCUT2D eigenvalue weighted by molar-refractivity contribution is 6.33. The van der Waals surface area contributed by atoms with Crippen molar-refractivity contribution in [2.45, 2.75) is 25.6 Å². The molecule has 1 aromatic heterocycles. The minimum atomic E-state index is -4.74. The molecule has 0 spiro atoms. The van der Waals surface area contributed by atoms with Gasteiger partial charge in [0.1, 0.15) is 11.8 Å². The number of nitrogens with zero attached hydrogens (tertiary/aromatic N) is 3. The molecule has 31 heavy (non-hydrogen) atoms. The third-order valence-electron chi connectivity index (χ3n) is 4.52. The molecule has 2 aromatic rings. The van der Waals surface area contributed by atoms with E-state index in [4.69, 9.17) is 23.2 Å². The van der Waals surface area contributed by atoms with E-state index in [0.717, 1.165) is 5.01 Å². The average Bonchev–Trinajstić information content (AvgIpc) is 3.15. The van der Waals surface area contributed by atoms with E-state index >= 15 is 0 Å². The predicted molar refractivity (Wildman–Crippen MR) is 112 cm³/mol. The van der Waals surface area contributed by atoms with E-state index in [1.54, 1.807) is 6.92 Å². The van der Waals surface area contributed by atoms with Gasteiger partial charge in [-0.2, -0.15) is 18.3 Å². The van der Waals surface area contributed by atoms with Crippen molar-refractivity contribution in [3.8, 4) is 0 Å². The maximum atomic E-state index is 13.3. The Balaban J connectivity index is 1.99. The van der Waals surface area contributed by atoms with Crippen molar-refractivity contribution < 1.29 is 22.8 Å². The highest BCUT2D eigenvalue weighted by Crippen LogP contribution is 2.34. The normalized spacial score (nSPS) is 16.2. The molecule has 2 heterocycles. The van der Waals surface area contributed by atoms with Crippen molar-refractivity contribution in [3.05, 3.63) is 51.6 Å². The van der Waals surface area contributed by atoms with Gasteiger partial charge in [-0.05, 0) is 36.8 Å². The van der Waals surface area contributed by atoms with E-state index in [1.165, 1.54) is 37.5 Å². The van der Waals surface area contributed by atoms with Crippen molar-refractivity contribution in [3.63, 3.8) is 0 Å². The Bertz CT molecular complexity index is 1070. The maximum absolute atomic E-state index is 13.3. The van der Waals surface area contributed by atoms with E-state index in [1.807, 2.05) is 0 Å². The van der Waals surface area contributed by atoms with Crippen LogP contribution in [0.5, 0.6) is 0 Å². The molecular formula is C19H16Cl2F3N5O2. The van der Waals surface area contributed by atoms with Crippen LogP contribution < -0.4 is 15.6 Å². The third-order valence-corrected chi connectivity index (χ3v) is 5.03. The van der Waals surface area contributed by atoms with Crippen molar-refractivity contribution in [1.29, 1.82) is 0 Å². The van der Waals surface area contributed by atoms with Gasteiger partial charge in [0.2, 0.25) is 5.91 Å². The summed E-state index contributed by atoms with van der Waals surface area (Å²) in [4.78, 5) is 29.2. The molecule has 0 bridgehead atoms. The summed E-state index contributed by atoms with van der Waals surface area (Å²) in [5.41, 5.74) is -0.495. The molecule has 12 heteroatoms. The van der Waals surface area contributed by atoms with E-state index in [-0.39, 0.29) is 27.1 Å². The first kappa shape index (κ1) is 22.8. The van der Waals surface area contributed by atoms with Gasteiger partial charge in [0.25, 0.3) is 5.91 Å². The van der Waals surface area contributed by atoms with Crippen molar-refractivity contribution in [2.24, 2.45) is 5.10 Å². The highest BCUT2D eigenvalue weighted by atomic mass is 35.5. The van der Waals surface area contributed by atoms with Crippen molar-refractivity contribution >= 4 is 52.2 Å². The molecule has 0 aliphatic carbocycles. The number of carbonyl (C=O) groups excluding carboxylic acids is 2. The largest absolute Gasteiger partial charge is 0.431 e. The fraction of sp³-hybridized carbons (Fsp3) is 0.263. The summed E-state index contributed by atoms with van der Waals surface area (Å²) in [5.74, 6) is -1.44. The van der Waals surface area contributed by atoms with Gasteiger partial charge in [0.15, 0.2) is 5.82 Å². The SMILES string of the molecule is CNC(=O)c1cc(Cl)cc(C)c1NC(=O)C1CC(C(F)(F)F)=NN1c1ncccc1Cl. The standard InChI is InChI=1S/C19H16Cl2F3N5O2/c1-9-6-10(20)7-11(17(30)25-2)15(9)27-18(31)13-8-14(19(22,23)24)28-29(13)16-12(21)4-3-5-26-16/h3-7,13H,8H2,1-2H3,(H,25,30)(H,27,31). The second-order valence-corrected chi connectivity index (χ2v) is 7.48. The minimum absolute atomic E-state index is 0.0289. The molecule has 1 unspecified atom stereocenters. The summed E-state index contributed by atoms with van der Waals surface area (Å²) in [6.07, 6.45) is -4.13. The summed E-state index contributed by atoms with van der Waals surface area (Å²) < 4.78 is 40.0. The van der Waals surface area contributed by atoms with Crippen LogP contribution in [0.1, 0.15) is 22.3 Å². The van der Waals surface area contributed by atoms with Gasteiger partial charge < -0.3 is 10.6 Å². The van der Waals surface area contributed by atoms with Crippen LogP contribution in [0.3, 0.4) is 0 Å². The summed E-state index contributed by atoms with van der Waals surface area (Å²) >= 11 is 12.1. The summed E-state index contributed by atoms with van der Waals surface area (Å²) in [7, 11) is 1.40. The topological polar surface area (TPSA) is 86.7 Å². The number of hydrazone groups is 1. The molecule has 0 saturated carbocycles. The molecule has 0 fully saturated rings. The molecule has 0 radical (unpaired) electrons. The summed E-state index contributed by atoms with van der Waals surface area (Å²) in [6, 6.07) is 4.40. The number of aromatic nitrogens is 1. The first-order chi connectivity index (χ1) is 14.5. The lowest BCUT2D eigenvalue weighted by molar-refractivity contribution is -0.117. The Morgan fingerprint density at radius 1 is 1.26 bits per heavy atom. The van der Waals surface area contributed by atoms with Gasteiger partial charge >= 0.3 is 6.18 Å². The highest BCUT2D eigenvalue weighted by Gasteiger charge is 2.46. The van der Waals surface area contributed by atoms with E-state index < -0.39 is 36.2 Å². The predicted octanol–water partition coefficient (Wildman–Crippen LogP) is 4.19. The molecule has 7 nitrogen and oxygen atoms in total. The maximum Gasteiger partial charge on any atom is 0.431 e. The fourth-order valence-corrected chi connectivity index (χ4v) is 3.54. The zero-order valence-corrected chi connectivity index (χ0v) is 17.7. The van der Waals surface area contributed by atoms with Crippen LogP contribution in [0.2, 0.25) is 10.0 Å². The van der Waals surface area contributed by atoms with Crippen LogP contribution in [-0.4, -0.2) is 41.8 Å². The molecule has 2 N–H and O–H groups in total. The fourth-order valence-electron chi connectivity index (χ4n) is 3.06. The van der Waals surface area contributed by atoms with Crippen LogP contribution in [0.15, 0.2) is 35.6 Å². The molecule has 1 atom stereocenters. The average molecular weight is 474 g/mol. The van der Waals surface area contributed by atoms with E-state index in [2.05, 4.69) is 20.7 Å². The van der Waals surface area contributed by atoms with Gasteiger partial charge in [0.05, 0.1) is 16.3 Å². The number of aryl methyl sites for hydroxylation is 1. The number of rotatable bonds is 4. The monoisotopic (exact) mass is 473 g/mol. The zero-order valence-electron chi connectivity index (χ0n) is 16.2. The van der Waals surface area contributed by atoms with Gasteiger partial charge in [-0.3, -0.25) is 9.59 Å². The number of halogens is 5. The number of hydrogen-bond donors (Lipinski definition) is 2. The Kier molecular flexibility index (Phi) is 6.42. The molecule has 0 saturated heterocycles. The van der Waals surface area contributed by atoms with E-state index in [0.29, 0.717) is 5.56 Å². The van der Waals surface area contributed by atoms with Crippen LogP contribution in [-0.2, 0) is 4.79 Å². The third kappa shape index (κ3) is 4.75. The van der Waals surface area contributed by atoms with Gasteiger partial charge in [-0.15, -0.1) is 0 Å². The smallest absolute Gasteiger partial charge is 0.355 e. The minimum Gasteiger partial charge on any atom is -0.355 e. The van der Waals surface area contributed by atoms with Crippen LogP contribution in [0.4, 0.5) is 24.7 Å². The quantitative estimate of drug-likeness (QED) is 0.696. The lowest BCUT2D eigenvalue weighted by Gasteiger charge is -2.23. The van der Waals surface area contributed by atoms with Gasteiger partial charge in [0, 0.05) is 24.7 Å². The van der Waals surface area contributed by atoms with Crippen LogP contribution >= 0.6 is 23.2 Å². The van der Waals surface area contributed by atoms with Gasteiger partial charge in [-0.25, -0.2) is 9.99 Å². The molecule has 2 amide bonds. The number of carbonyl (C=O) groups is 2. The number of amides is 2.